The fraction of sp³-hybridized carbons (Fsp3) is 0.333. The fourth-order valence-electron chi connectivity index (χ4n) is 3.67. The van der Waals surface area contributed by atoms with Crippen LogP contribution < -0.4 is 4.74 Å². The number of aliphatic hydroxyl groups is 1. The smallest absolute Gasteiger partial charge is 0.295 e. The minimum atomic E-state index is -0.673. The minimum absolute atomic E-state index is 0.102. The van der Waals surface area contributed by atoms with Crippen molar-refractivity contribution in [2.75, 3.05) is 34.3 Å². The Hall–Kier alpha value is -2.64. The van der Waals surface area contributed by atoms with E-state index in [0.29, 0.717) is 28.9 Å². The molecule has 1 aliphatic heterocycles. The summed E-state index contributed by atoms with van der Waals surface area (Å²) in [5.74, 6) is -0.860. The summed E-state index contributed by atoms with van der Waals surface area (Å²) in [7, 11) is 5.38. The van der Waals surface area contributed by atoms with Gasteiger partial charge < -0.3 is 19.6 Å². The molecule has 0 aliphatic carbocycles. The molecule has 0 aromatic heterocycles. The Morgan fingerprint density at radius 3 is 2.39 bits per heavy atom. The summed E-state index contributed by atoms with van der Waals surface area (Å²) in [6.07, 6.45) is 0.890. The summed E-state index contributed by atoms with van der Waals surface area (Å²) < 4.78 is 5.89. The monoisotopic (exact) mass is 486 g/mol. The standard InChI is InChI=1S/C24H27BrN2O4/c1-5-15-6-8-16(9-7-15)21-20(23(29)24(30)27(21)13-12-26(2)3)22(28)17-10-11-19(31-4)18(25)14-17/h6-11,14,21,28H,5,12-13H2,1-4H3/b22-20-. The van der Waals surface area contributed by atoms with Gasteiger partial charge in [0.15, 0.2) is 0 Å². The topological polar surface area (TPSA) is 70.1 Å². The van der Waals surface area contributed by atoms with Gasteiger partial charge in [0.25, 0.3) is 11.7 Å². The molecule has 1 fully saturated rings. The van der Waals surface area contributed by atoms with Crippen molar-refractivity contribution in [1.29, 1.82) is 0 Å². The van der Waals surface area contributed by atoms with E-state index in [1.807, 2.05) is 43.3 Å². The van der Waals surface area contributed by atoms with Gasteiger partial charge in [0.05, 0.1) is 23.2 Å². The molecule has 6 nitrogen and oxygen atoms in total. The van der Waals surface area contributed by atoms with Gasteiger partial charge >= 0.3 is 0 Å². The maximum Gasteiger partial charge on any atom is 0.295 e. The number of nitrogens with zero attached hydrogens (tertiary/aromatic N) is 2. The molecule has 31 heavy (non-hydrogen) atoms. The molecule has 1 heterocycles. The van der Waals surface area contributed by atoms with Crippen LogP contribution in [0.2, 0.25) is 0 Å². The van der Waals surface area contributed by atoms with Crippen molar-refractivity contribution < 1.29 is 19.4 Å². The van der Waals surface area contributed by atoms with Gasteiger partial charge in [-0.2, -0.15) is 0 Å². The highest BCUT2D eigenvalue weighted by Gasteiger charge is 2.45. The van der Waals surface area contributed by atoms with Gasteiger partial charge in [-0.05, 0) is 65.8 Å². The number of halogens is 1. The predicted molar refractivity (Wildman–Crippen MR) is 124 cm³/mol. The Morgan fingerprint density at radius 2 is 1.84 bits per heavy atom. The first-order chi connectivity index (χ1) is 14.8. The van der Waals surface area contributed by atoms with Gasteiger partial charge in [-0.1, -0.05) is 31.2 Å². The number of likely N-dealkylation sites (tertiary alicyclic amines) is 1. The van der Waals surface area contributed by atoms with Crippen LogP contribution in [0.5, 0.6) is 5.75 Å². The molecule has 7 heteroatoms. The third kappa shape index (κ3) is 4.67. The molecule has 2 aromatic rings. The number of rotatable bonds is 7. The van der Waals surface area contributed by atoms with E-state index in [4.69, 9.17) is 4.74 Å². The highest BCUT2D eigenvalue weighted by atomic mass is 79.9. The molecule has 2 aromatic carbocycles. The van der Waals surface area contributed by atoms with Crippen LogP contribution in [-0.2, 0) is 16.0 Å². The van der Waals surface area contributed by atoms with E-state index in [1.165, 1.54) is 0 Å². The second-order valence-electron chi connectivity index (χ2n) is 7.74. The van der Waals surface area contributed by atoms with E-state index in [2.05, 4.69) is 22.9 Å². The van der Waals surface area contributed by atoms with Gasteiger partial charge in [-0.25, -0.2) is 0 Å². The molecule has 0 spiro atoms. The van der Waals surface area contributed by atoms with Crippen LogP contribution in [0.3, 0.4) is 0 Å². The first-order valence-electron chi connectivity index (χ1n) is 10.1. The molecular weight excluding hydrogens is 460 g/mol. The number of methoxy groups -OCH3 is 1. The number of aliphatic hydroxyl groups excluding tert-OH is 1. The van der Waals surface area contributed by atoms with Crippen LogP contribution in [0.25, 0.3) is 5.76 Å². The van der Waals surface area contributed by atoms with Gasteiger partial charge in [-0.3, -0.25) is 9.59 Å². The number of aryl methyl sites for hydroxylation is 1. The first kappa shape index (κ1) is 23.0. The average Bonchev–Trinajstić information content (AvgIpc) is 3.01. The molecule has 164 valence electrons. The molecular formula is C24H27BrN2O4. The highest BCUT2D eigenvalue weighted by Crippen LogP contribution is 2.40. The molecule has 1 unspecified atom stereocenters. The SMILES string of the molecule is CCc1ccc(C2/C(=C(/O)c3ccc(OC)c(Br)c3)C(=O)C(=O)N2CCN(C)C)cc1. The molecule has 1 atom stereocenters. The van der Waals surface area contributed by atoms with E-state index in [0.717, 1.165) is 17.5 Å². The number of hydrogen-bond donors (Lipinski definition) is 1. The lowest BCUT2D eigenvalue weighted by Gasteiger charge is -2.26. The van der Waals surface area contributed by atoms with Crippen molar-refractivity contribution in [3.05, 3.63) is 69.2 Å². The number of ketones is 1. The fourth-order valence-corrected chi connectivity index (χ4v) is 4.21. The third-order valence-corrected chi connectivity index (χ3v) is 6.08. The number of likely N-dealkylation sites (N-methyl/N-ethyl adjacent to an activating group) is 1. The van der Waals surface area contributed by atoms with Gasteiger partial charge in [0.1, 0.15) is 11.5 Å². The zero-order valence-corrected chi connectivity index (χ0v) is 19.8. The van der Waals surface area contributed by atoms with E-state index in [9.17, 15) is 14.7 Å². The lowest BCUT2D eigenvalue weighted by atomic mass is 9.94. The van der Waals surface area contributed by atoms with E-state index >= 15 is 0 Å². The molecule has 3 rings (SSSR count). The summed E-state index contributed by atoms with van der Waals surface area (Å²) >= 11 is 3.41. The van der Waals surface area contributed by atoms with Crippen LogP contribution in [0.1, 0.15) is 29.7 Å². The Kier molecular flexibility index (Phi) is 7.18. The first-order valence-corrected chi connectivity index (χ1v) is 10.9. The Labute approximate surface area is 191 Å². The van der Waals surface area contributed by atoms with Crippen molar-refractivity contribution in [3.63, 3.8) is 0 Å². The van der Waals surface area contributed by atoms with Gasteiger partial charge in [0.2, 0.25) is 0 Å². The summed E-state index contributed by atoms with van der Waals surface area (Å²) in [6, 6.07) is 12.2. The quantitative estimate of drug-likeness (QED) is 0.363. The number of Topliss-reactive ketones (excluding diaryl/α,β-unsaturated/α-hetero) is 1. The molecule has 1 saturated heterocycles. The average molecular weight is 487 g/mol. The van der Waals surface area contributed by atoms with Crippen LogP contribution in [0.15, 0.2) is 52.5 Å². The Morgan fingerprint density at radius 1 is 1.16 bits per heavy atom. The third-order valence-electron chi connectivity index (χ3n) is 5.46. The van der Waals surface area contributed by atoms with E-state index in [1.54, 1.807) is 30.2 Å². The van der Waals surface area contributed by atoms with Crippen molar-refractivity contribution in [2.45, 2.75) is 19.4 Å². The number of amides is 1. The minimum Gasteiger partial charge on any atom is -0.507 e. The van der Waals surface area contributed by atoms with E-state index in [-0.39, 0.29) is 11.3 Å². The van der Waals surface area contributed by atoms with Crippen molar-refractivity contribution >= 4 is 33.4 Å². The number of carbonyl (C=O) groups excluding carboxylic acids is 2. The lowest BCUT2D eigenvalue weighted by molar-refractivity contribution is -0.140. The highest BCUT2D eigenvalue weighted by molar-refractivity contribution is 9.10. The van der Waals surface area contributed by atoms with Crippen LogP contribution >= 0.6 is 15.9 Å². The molecule has 0 saturated carbocycles. The Bertz CT molecular complexity index is 1010. The largest absolute Gasteiger partial charge is 0.507 e. The normalized spacial score (nSPS) is 18.1. The summed E-state index contributed by atoms with van der Waals surface area (Å²) in [4.78, 5) is 29.5. The van der Waals surface area contributed by atoms with Crippen molar-refractivity contribution in [2.24, 2.45) is 0 Å². The van der Waals surface area contributed by atoms with E-state index < -0.39 is 17.7 Å². The number of carbonyl (C=O) groups is 2. The molecule has 0 radical (unpaired) electrons. The summed E-state index contributed by atoms with van der Waals surface area (Å²) in [5, 5.41) is 11.1. The molecule has 0 bridgehead atoms. The maximum absolute atomic E-state index is 13.0. The van der Waals surface area contributed by atoms with Crippen LogP contribution in [-0.4, -0.2) is 60.9 Å². The molecule has 1 N–H and O–H groups in total. The maximum atomic E-state index is 13.0. The summed E-state index contributed by atoms with van der Waals surface area (Å²) in [6.45, 7) is 3.05. The van der Waals surface area contributed by atoms with Crippen LogP contribution in [0.4, 0.5) is 0 Å². The number of benzene rings is 2. The molecule has 1 amide bonds. The second kappa shape index (κ2) is 9.66. The van der Waals surface area contributed by atoms with Gasteiger partial charge in [0, 0.05) is 18.7 Å². The number of hydrogen-bond acceptors (Lipinski definition) is 5. The van der Waals surface area contributed by atoms with Crippen LogP contribution in [0, 0.1) is 0 Å². The van der Waals surface area contributed by atoms with Crippen molar-refractivity contribution in [1.82, 2.24) is 9.80 Å². The zero-order chi connectivity index (χ0) is 22.7. The Balaban J connectivity index is 2.14. The van der Waals surface area contributed by atoms with Gasteiger partial charge in [-0.15, -0.1) is 0 Å². The number of ether oxygens (including phenoxy) is 1. The van der Waals surface area contributed by atoms with Crippen molar-refractivity contribution in [3.8, 4) is 5.75 Å². The summed E-state index contributed by atoms with van der Waals surface area (Å²) in [5.41, 5.74) is 2.50. The zero-order valence-electron chi connectivity index (χ0n) is 18.2. The molecule has 1 aliphatic rings. The second-order valence-corrected chi connectivity index (χ2v) is 8.59. The predicted octanol–water partition coefficient (Wildman–Crippen LogP) is 4.00. The lowest BCUT2D eigenvalue weighted by Crippen LogP contribution is -2.35.